The number of halogens is 3. The van der Waals surface area contributed by atoms with Crippen molar-refractivity contribution in [2.24, 2.45) is 0 Å². The van der Waals surface area contributed by atoms with E-state index in [1.165, 1.54) is 12.1 Å². The summed E-state index contributed by atoms with van der Waals surface area (Å²) in [5, 5.41) is 5.58. The van der Waals surface area contributed by atoms with Crippen molar-refractivity contribution in [3.63, 3.8) is 0 Å². The second kappa shape index (κ2) is 11.2. The highest BCUT2D eigenvalue weighted by atomic mass is 35.5. The van der Waals surface area contributed by atoms with Crippen molar-refractivity contribution in [3.05, 3.63) is 75.1 Å². The minimum atomic E-state index is -0.317. The smallest absolute Gasteiger partial charge is 0.254 e. The second-order valence-electron chi connectivity index (χ2n) is 9.36. The lowest BCUT2D eigenvalue weighted by Crippen LogP contribution is -2.47. The van der Waals surface area contributed by atoms with Crippen LogP contribution in [0.3, 0.4) is 0 Å². The molecule has 2 aromatic carbocycles. The van der Waals surface area contributed by atoms with Crippen LogP contribution in [0.25, 0.3) is 5.69 Å². The minimum Gasteiger partial charge on any atom is -0.354 e. The Morgan fingerprint density at radius 2 is 1.81 bits per heavy atom. The number of carbonyl (C=O) groups excluding carboxylic acids is 1. The normalized spacial score (nSPS) is 14.5. The van der Waals surface area contributed by atoms with Gasteiger partial charge in [0.25, 0.3) is 5.91 Å². The molecule has 1 aromatic heterocycles. The van der Waals surface area contributed by atoms with Gasteiger partial charge in [0.15, 0.2) is 0 Å². The monoisotopic (exact) mass is 531 g/mol. The van der Waals surface area contributed by atoms with Crippen LogP contribution in [-0.4, -0.2) is 64.3 Å². The molecule has 0 N–H and O–H groups in total. The fraction of sp³-hybridized carbons (Fsp3) is 0.407. The topological polar surface area (TPSA) is 44.6 Å². The van der Waals surface area contributed by atoms with Crippen LogP contribution in [0.1, 0.15) is 42.4 Å². The van der Waals surface area contributed by atoms with Crippen LogP contribution >= 0.6 is 23.2 Å². The van der Waals surface area contributed by atoms with Gasteiger partial charge in [-0.05, 0) is 63.7 Å². The Hall–Kier alpha value is -2.61. The maximum Gasteiger partial charge on any atom is 0.254 e. The third-order valence-electron chi connectivity index (χ3n) is 6.71. The van der Waals surface area contributed by atoms with Gasteiger partial charge in [0.2, 0.25) is 0 Å². The number of aromatic nitrogens is 2. The Balaban J connectivity index is 1.76. The van der Waals surface area contributed by atoms with Gasteiger partial charge in [0.1, 0.15) is 11.6 Å². The van der Waals surface area contributed by atoms with Crippen LogP contribution in [0.15, 0.2) is 42.5 Å². The highest BCUT2D eigenvalue weighted by Crippen LogP contribution is 2.31. The van der Waals surface area contributed by atoms with Gasteiger partial charge >= 0.3 is 0 Å². The lowest BCUT2D eigenvalue weighted by molar-refractivity contribution is 0.0690. The number of amides is 1. The summed E-state index contributed by atoms with van der Waals surface area (Å²) in [6.07, 6.45) is 0. The highest BCUT2D eigenvalue weighted by molar-refractivity contribution is 6.42. The third kappa shape index (κ3) is 5.53. The molecule has 6 nitrogen and oxygen atoms in total. The number of rotatable bonds is 7. The van der Waals surface area contributed by atoms with Gasteiger partial charge in [-0.3, -0.25) is 4.79 Å². The van der Waals surface area contributed by atoms with E-state index in [1.54, 1.807) is 24.3 Å². The van der Waals surface area contributed by atoms with Crippen molar-refractivity contribution in [3.8, 4) is 5.69 Å². The molecule has 2 heterocycles. The van der Waals surface area contributed by atoms with Crippen molar-refractivity contribution < 1.29 is 9.18 Å². The minimum absolute atomic E-state index is 0.0753. The standard InChI is InChI=1S/C27H32Cl2FN5O/c1-5-32-11-13-33(14-12-32)26-23(19(4)31-35(26)22-8-6-7-21(30)16-22)17-34(18(2)3)27(36)20-9-10-24(28)25(29)15-20/h6-10,15-16,18H,5,11-14,17H2,1-4H3. The predicted octanol–water partition coefficient (Wildman–Crippen LogP) is 5.82. The van der Waals surface area contributed by atoms with Gasteiger partial charge in [0.05, 0.1) is 28.0 Å². The highest BCUT2D eigenvalue weighted by Gasteiger charge is 2.29. The molecule has 1 amide bonds. The lowest BCUT2D eigenvalue weighted by atomic mass is 10.1. The van der Waals surface area contributed by atoms with Gasteiger partial charge in [-0.1, -0.05) is 36.2 Å². The zero-order valence-electron chi connectivity index (χ0n) is 21.1. The molecule has 192 valence electrons. The first-order valence-corrected chi connectivity index (χ1v) is 13.0. The van der Waals surface area contributed by atoms with E-state index in [0.717, 1.165) is 49.8 Å². The molecule has 0 bridgehead atoms. The average molecular weight is 532 g/mol. The van der Waals surface area contributed by atoms with Gasteiger partial charge in [-0.15, -0.1) is 0 Å². The number of hydrogen-bond donors (Lipinski definition) is 0. The number of carbonyl (C=O) groups is 1. The number of hydrogen-bond acceptors (Lipinski definition) is 4. The zero-order valence-corrected chi connectivity index (χ0v) is 22.7. The lowest BCUT2D eigenvalue weighted by Gasteiger charge is -2.36. The number of anilines is 1. The van der Waals surface area contributed by atoms with E-state index < -0.39 is 0 Å². The first-order chi connectivity index (χ1) is 17.2. The molecule has 1 saturated heterocycles. The molecule has 0 saturated carbocycles. The first-order valence-electron chi connectivity index (χ1n) is 12.3. The second-order valence-corrected chi connectivity index (χ2v) is 10.2. The van der Waals surface area contributed by atoms with Crippen molar-refractivity contribution in [2.75, 3.05) is 37.6 Å². The van der Waals surface area contributed by atoms with Gasteiger partial charge in [0, 0.05) is 43.3 Å². The molecule has 9 heteroatoms. The summed E-state index contributed by atoms with van der Waals surface area (Å²) < 4.78 is 16.0. The molecule has 3 aromatic rings. The van der Waals surface area contributed by atoms with Crippen LogP contribution in [0.4, 0.5) is 10.2 Å². The van der Waals surface area contributed by atoms with Crippen LogP contribution in [0, 0.1) is 12.7 Å². The predicted molar refractivity (Wildman–Crippen MR) is 144 cm³/mol. The van der Waals surface area contributed by atoms with Crippen LogP contribution in [0.2, 0.25) is 10.0 Å². The maximum atomic E-state index is 14.2. The van der Waals surface area contributed by atoms with Crippen LogP contribution in [0.5, 0.6) is 0 Å². The van der Waals surface area contributed by atoms with Gasteiger partial charge in [-0.25, -0.2) is 9.07 Å². The van der Waals surface area contributed by atoms with Crippen LogP contribution < -0.4 is 4.90 Å². The van der Waals surface area contributed by atoms with Crippen LogP contribution in [-0.2, 0) is 6.54 Å². The fourth-order valence-corrected chi connectivity index (χ4v) is 4.87. The number of aryl methyl sites for hydroxylation is 1. The quantitative estimate of drug-likeness (QED) is 0.385. The molecule has 0 spiro atoms. The average Bonchev–Trinajstić information content (AvgIpc) is 3.19. The van der Waals surface area contributed by atoms with Gasteiger partial charge < -0.3 is 14.7 Å². The summed E-state index contributed by atoms with van der Waals surface area (Å²) >= 11 is 12.3. The molecule has 1 aliphatic heterocycles. The molecule has 1 aliphatic rings. The number of nitrogens with zero attached hydrogens (tertiary/aromatic N) is 5. The third-order valence-corrected chi connectivity index (χ3v) is 7.45. The Morgan fingerprint density at radius 3 is 2.42 bits per heavy atom. The largest absolute Gasteiger partial charge is 0.354 e. The molecule has 0 atom stereocenters. The summed E-state index contributed by atoms with van der Waals surface area (Å²) in [5.41, 5.74) is 2.89. The Bertz CT molecular complexity index is 1240. The molecule has 0 radical (unpaired) electrons. The van der Waals surface area contributed by atoms with E-state index in [2.05, 4.69) is 16.7 Å². The van der Waals surface area contributed by atoms with E-state index in [-0.39, 0.29) is 17.8 Å². The summed E-state index contributed by atoms with van der Waals surface area (Å²) in [7, 11) is 0. The van der Waals surface area contributed by atoms with E-state index in [0.29, 0.717) is 27.8 Å². The van der Waals surface area contributed by atoms with Crippen molar-refractivity contribution in [1.82, 2.24) is 19.6 Å². The molecule has 36 heavy (non-hydrogen) atoms. The molecule has 4 rings (SSSR count). The van der Waals surface area contributed by atoms with Gasteiger partial charge in [-0.2, -0.15) is 5.10 Å². The van der Waals surface area contributed by atoms with Crippen molar-refractivity contribution >= 4 is 34.9 Å². The zero-order chi connectivity index (χ0) is 26.0. The van der Waals surface area contributed by atoms with Crippen molar-refractivity contribution in [2.45, 2.75) is 40.3 Å². The molecule has 0 unspecified atom stereocenters. The Morgan fingerprint density at radius 1 is 1.08 bits per heavy atom. The van der Waals surface area contributed by atoms with Crippen molar-refractivity contribution in [1.29, 1.82) is 0 Å². The van der Waals surface area contributed by atoms with E-state index >= 15 is 0 Å². The summed E-state index contributed by atoms with van der Waals surface area (Å²) in [4.78, 5) is 20.1. The number of likely N-dealkylation sites (N-methyl/N-ethyl adjacent to an activating group) is 1. The summed E-state index contributed by atoms with van der Waals surface area (Å²) in [5.74, 6) is 0.451. The Labute approximate surface area is 222 Å². The molecular formula is C27H32Cl2FN5O. The Kier molecular flexibility index (Phi) is 8.23. The number of piperazine rings is 1. The molecule has 0 aliphatic carbocycles. The molecular weight excluding hydrogens is 500 g/mol. The SMILES string of the molecule is CCN1CCN(c2c(CN(C(=O)c3ccc(Cl)c(Cl)c3)C(C)C)c(C)nn2-c2cccc(F)c2)CC1. The van der Waals surface area contributed by atoms with E-state index in [4.69, 9.17) is 28.3 Å². The molecule has 1 fully saturated rings. The van der Waals surface area contributed by atoms with E-state index in [9.17, 15) is 9.18 Å². The first kappa shape index (κ1) is 26.5. The summed E-state index contributed by atoms with van der Waals surface area (Å²) in [6, 6.07) is 11.3. The maximum absolute atomic E-state index is 14.2. The number of benzene rings is 2. The fourth-order valence-electron chi connectivity index (χ4n) is 4.58. The summed E-state index contributed by atoms with van der Waals surface area (Å²) in [6.45, 7) is 13.0. The van der Waals surface area contributed by atoms with E-state index in [1.807, 2.05) is 36.4 Å².